The molecule has 0 amide bonds. The van der Waals surface area contributed by atoms with Gasteiger partial charge >= 0.3 is 0 Å². The molecule has 1 unspecified atom stereocenters. The Kier molecular flexibility index (Phi) is 2.49. The van der Waals surface area contributed by atoms with Crippen LogP contribution in [0.1, 0.15) is 12.6 Å². The predicted molar refractivity (Wildman–Crippen MR) is 63.6 cm³/mol. The van der Waals surface area contributed by atoms with E-state index in [9.17, 15) is 0 Å². The van der Waals surface area contributed by atoms with E-state index in [0.29, 0.717) is 6.54 Å². The predicted octanol–water partition coefficient (Wildman–Crippen LogP) is 1.34. The van der Waals surface area contributed by atoms with Gasteiger partial charge < -0.3 is 10.1 Å². The number of imidazole rings is 1. The summed E-state index contributed by atoms with van der Waals surface area (Å²) in [6.07, 6.45) is 6.14. The molecule has 1 atom stereocenters. The molecule has 0 bridgehead atoms. The van der Waals surface area contributed by atoms with Crippen LogP contribution in [0.4, 0.5) is 5.82 Å². The van der Waals surface area contributed by atoms with Gasteiger partial charge in [-0.3, -0.25) is 4.57 Å². The Balaban J connectivity index is 2.01. The fraction of sp³-hybridized carbons (Fsp3) is 0.364. The maximum atomic E-state index is 5.43. The molecule has 1 aliphatic rings. The molecule has 3 rings (SSSR count). The van der Waals surface area contributed by atoms with Crippen LogP contribution in [0.5, 0.6) is 0 Å². The van der Waals surface area contributed by atoms with Crippen molar-refractivity contribution < 1.29 is 4.74 Å². The highest BCUT2D eigenvalue weighted by atomic mass is 16.5. The molecule has 1 N–H and O–H groups in total. The second-order valence-electron chi connectivity index (χ2n) is 3.83. The number of fused-ring (bicyclic) bond motifs is 1. The minimum Gasteiger partial charge on any atom is -0.365 e. The van der Waals surface area contributed by atoms with E-state index >= 15 is 0 Å². The van der Waals surface area contributed by atoms with Crippen molar-refractivity contribution in [2.24, 2.45) is 0 Å². The maximum Gasteiger partial charge on any atom is 0.167 e. The van der Waals surface area contributed by atoms with Crippen LogP contribution < -0.4 is 5.32 Å². The van der Waals surface area contributed by atoms with Crippen molar-refractivity contribution in [1.29, 1.82) is 0 Å². The Morgan fingerprint density at radius 3 is 3.12 bits per heavy atom. The van der Waals surface area contributed by atoms with Crippen molar-refractivity contribution >= 4 is 17.0 Å². The molecule has 1 fully saturated rings. The smallest absolute Gasteiger partial charge is 0.167 e. The molecule has 6 heteroatoms. The Hall–Kier alpha value is -1.95. The summed E-state index contributed by atoms with van der Waals surface area (Å²) in [7, 11) is 0. The molecule has 0 radical (unpaired) electrons. The lowest BCUT2D eigenvalue weighted by atomic mass is 10.3. The van der Waals surface area contributed by atoms with Crippen molar-refractivity contribution in [2.45, 2.75) is 12.6 Å². The normalized spacial score (nSPS) is 18.9. The summed E-state index contributed by atoms with van der Waals surface area (Å²) in [5.41, 5.74) is 1.57. The van der Waals surface area contributed by atoms with E-state index in [0.717, 1.165) is 30.0 Å². The van der Waals surface area contributed by atoms with Crippen molar-refractivity contribution in [3.8, 4) is 0 Å². The zero-order chi connectivity index (χ0) is 11.7. The van der Waals surface area contributed by atoms with Crippen molar-refractivity contribution in [3.05, 3.63) is 25.3 Å². The minimum absolute atomic E-state index is 0.0714. The van der Waals surface area contributed by atoms with Crippen molar-refractivity contribution in [1.82, 2.24) is 19.5 Å². The SMILES string of the molecule is C=CCNc1ncnc2c1ncn2C1CCO1. The third-order valence-electron chi connectivity index (χ3n) is 2.76. The lowest BCUT2D eigenvalue weighted by molar-refractivity contribution is -0.0974. The third-order valence-corrected chi connectivity index (χ3v) is 2.76. The van der Waals surface area contributed by atoms with Crippen LogP contribution in [0.15, 0.2) is 25.3 Å². The van der Waals surface area contributed by atoms with Gasteiger partial charge in [0.05, 0.1) is 12.9 Å². The van der Waals surface area contributed by atoms with Gasteiger partial charge in [-0.1, -0.05) is 6.08 Å². The molecule has 1 saturated heterocycles. The van der Waals surface area contributed by atoms with Crippen molar-refractivity contribution in [2.75, 3.05) is 18.5 Å². The molecule has 0 saturated carbocycles. The first-order chi connectivity index (χ1) is 8.40. The molecule has 2 aromatic rings. The number of aromatic nitrogens is 4. The number of ether oxygens (including phenoxy) is 1. The largest absolute Gasteiger partial charge is 0.365 e. The third kappa shape index (κ3) is 1.66. The molecule has 3 heterocycles. The summed E-state index contributed by atoms with van der Waals surface area (Å²) in [6.45, 7) is 5.11. The highest BCUT2D eigenvalue weighted by molar-refractivity contribution is 5.82. The van der Waals surface area contributed by atoms with Gasteiger partial charge in [-0.15, -0.1) is 6.58 Å². The van der Waals surface area contributed by atoms with Gasteiger partial charge in [0.25, 0.3) is 0 Å². The lowest BCUT2D eigenvalue weighted by Crippen LogP contribution is -2.24. The van der Waals surface area contributed by atoms with Gasteiger partial charge in [0.2, 0.25) is 0 Å². The summed E-state index contributed by atoms with van der Waals surface area (Å²) in [5.74, 6) is 0.730. The van der Waals surface area contributed by atoms with E-state index < -0.39 is 0 Å². The van der Waals surface area contributed by atoms with Crippen LogP contribution in [0.25, 0.3) is 11.2 Å². The van der Waals surface area contributed by atoms with E-state index in [4.69, 9.17) is 4.74 Å². The highest BCUT2D eigenvalue weighted by Gasteiger charge is 2.23. The van der Waals surface area contributed by atoms with Gasteiger partial charge in [0.1, 0.15) is 12.6 Å². The number of hydrogen-bond donors (Lipinski definition) is 1. The monoisotopic (exact) mass is 231 g/mol. The van der Waals surface area contributed by atoms with E-state index in [1.165, 1.54) is 6.33 Å². The molecular weight excluding hydrogens is 218 g/mol. The fourth-order valence-electron chi connectivity index (χ4n) is 1.80. The van der Waals surface area contributed by atoms with Crippen LogP contribution in [0.2, 0.25) is 0 Å². The fourth-order valence-corrected chi connectivity index (χ4v) is 1.80. The standard InChI is InChI=1S/C11H13N5O/c1-2-4-12-10-9-11(14-6-13-10)16(7-15-9)8-3-5-17-8/h2,6-8H,1,3-5H2,(H,12,13,14). The van der Waals surface area contributed by atoms with Crippen LogP contribution >= 0.6 is 0 Å². The summed E-state index contributed by atoms with van der Waals surface area (Å²) < 4.78 is 7.37. The molecule has 2 aromatic heterocycles. The molecular formula is C11H13N5O. The second kappa shape index (κ2) is 4.14. The van der Waals surface area contributed by atoms with Gasteiger partial charge in [-0.05, 0) is 0 Å². The summed E-state index contributed by atoms with van der Waals surface area (Å²) in [4.78, 5) is 12.8. The number of hydrogen-bond acceptors (Lipinski definition) is 5. The second-order valence-corrected chi connectivity index (χ2v) is 3.83. The quantitative estimate of drug-likeness (QED) is 0.804. The van der Waals surface area contributed by atoms with Gasteiger partial charge in [0, 0.05) is 13.0 Å². The number of nitrogens with one attached hydrogen (secondary N) is 1. The van der Waals surface area contributed by atoms with Crippen LogP contribution in [-0.2, 0) is 4.74 Å². The van der Waals surface area contributed by atoms with Crippen molar-refractivity contribution in [3.63, 3.8) is 0 Å². The first-order valence-corrected chi connectivity index (χ1v) is 5.54. The van der Waals surface area contributed by atoms with E-state index in [1.54, 1.807) is 12.4 Å². The zero-order valence-electron chi connectivity index (χ0n) is 9.33. The molecule has 0 aromatic carbocycles. The highest BCUT2D eigenvalue weighted by Crippen LogP contribution is 2.27. The van der Waals surface area contributed by atoms with Gasteiger partial charge in [-0.2, -0.15) is 0 Å². The first kappa shape index (κ1) is 10.2. The average Bonchev–Trinajstić information content (AvgIpc) is 2.69. The topological polar surface area (TPSA) is 64.9 Å². The van der Waals surface area contributed by atoms with Gasteiger partial charge in [-0.25, -0.2) is 15.0 Å². The molecule has 1 aliphatic heterocycles. The number of nitrogens with zero attached hydrogens (tertiary/aromatic N) is 4. The molecule has 0 spiro atoms. The Labute approximate surface area is 98.3 Å². The van der Waals surface area contributed by atoms with E-state index in [1.807, 2.05) is 4.57 Å². The molecule has 6 nitrogen and oxygen atoms in total. The average molecular weight is 231 g/mol. The minimum atomic E-state index is 0.0714. The van der Waals surface area contributed by atoms with Gasteiger partial charge in [0.15, 0.2) is 17.0 Å². The summed E-state index contributed by atoms with van der Waals surface area (Å²) in [5, 5.41) is 3.14. The Morgan fingerprint density at radius 1 is 1.53 bits per heavy atom. The lowest BCUT2D eigenvalue weighted by Gasteiger charge is -2.27. The van der Waals surface area contributed by atoms with Crippen LogP contribution in [0, 0.1) is 0 Å². The number of rotatable bonds is 4. The van der Waals surface area contributed by atoms with Crippen LogP contribution in [0.3, 0.4) is 0 Å². The van der Waals surface area contributed by atoms with E-state index in [2.05, 4.69) is 26.8 Å². The van der Waals surface area contributed by atoms with Crippen LogP contribution in [-0.4, -0.2) is 32.7 Å². The molecule has 88 valence electrons. The Morgan fingerprint density at radius 2 is 2.41 bits per heavy atom. The molecule has 0 aliphatic carbocycles. The zero-order valence-corrected chi connectivity index (χ0v) is 9.33. The summed E-state index contributed by atoms with van der Waals surface area (Å²) >= 11 is 0. The maximum absolute atomic E-state index is 5.43. The Bertz CT molecular complexity index is 546. The summed E-state index contributed by atoms with van der Waals surface area (Å²) in [6, 6.07) is 0. The number of anilines is 1. The first-order valence-electron chi connectivity index (χ1n) is 5.54. The molecule has 17 heavy (non-hydrogen) atoms. The van der Waals surface area contributed by atoms with E-state index in [-0.39, 0.29) is 6.23 Å².